The van der Waals surface area contributed by atoms with Gasteiger partial charge >= 0.3 is 0 Å². The zero-order valence-electron chi connectivity index (χ0n) is 7.30. The highest BCUT2D eigenvalue weighted by Crippen LogP contribution is 2.15. The van der Waals surface area contributed by atoms with E-state index in [1.807, 2.05) is 6.92 Å². The smallest absolute Gasteiger partial charge is 0.144 e. The molecule has 0 spiro atoms. The standard InChI is InChI=1S/C8H11Cl2N3/c1-8(5-9,6-10)13-7-4-11-2-3-12-7/h2-4H,5-6H2,1H3,(H,12,13). The van der Waals surface area contributed by atoms with Crippen LogP contribution in [0.15, 0.2) is 18.6 Å². The summed E-state index contributed by atoms with van der Waals surface area (Å²) in [7, 11) is 0. The first-order valence-electron chi connectivity index (χ1n) is 3.86. The molecule has 1 N–H and O–H groups in total. The normalized spacial score (nSPS) is 11.3. The van der Waals surface area contributed by atoms with Crippen molar-refractivity contribution >= 4 is 29.0 Å². The molecule has 0 aliphatic carbocycles. The van der Waals surface area contributed by atoms with Gasteiger partial charge in [0.15, 0.2) is 0 Å². The van der Waals surface area contributed by atoms with E-state index in [2.05, 4.69) is 15.3 Å². The van der Waals surface area contributed by atoms with Gasteiger partial charge in [-0.15, -0.1) is 23.2 Å². The number of hydrogen-bond donors (Lipinski definition) is 1. The van der Waals surface area contributed by atoms with Crippen molar-refractivity contribution in [2.45, 2.75) is 12.5 Å². The maximum atomic E-state index is 5.76. The Morgan fingerprint density at radius 2 is 2.08 bits per heavy atom. The summed E-state index contributed by atoms with van der Waals surface area (Å²) < 4.78 is 0. The third kappa shape index (κ3) is 3.01. The van der Waals surface area contributed by atoms with Gasteiger partial charge in [-0.05, 0) is 6.92 Å². The molecule has 0 saturated carbocycles. The summed E-state index contributed by atoms with van der Waals surface area (Å²) in [5, 5.41) is 3.12. The monoisotopic (exact) mass is 219 g/mol. The van der Waals surface area contributed by atoms with Crippen LogP contribution in [0.1, 0.15) is 6.92 Å². The quantitative estimate of drug-likeness (QED) is 0.789. The van der Waals surface area contributed by atoms with E-state index in [-0.39, 0.29) is 5.54 Å². The Bertz CT molecular complexity index is 249. The van der Waals surface area contributed by atoms with Gasteiger partial charge in [-0.1, -0.05) is 0 Å². The van der Waals surface area contributed by atoms with E-state index in [9.17, 15) is 0 Å². The number of anilines is 1. The van der Waals surface area contributed by atoms with Crippen LogP contribution < -0.4 is 5.32 Å². The van der Waals surface area contributed by atoms with Crippen LogP contribution in [0.2, 0.25) is 0 Å². The van der Waals surface area contributed by atoms with Crippen LogP contribution in [0.25, 0.3) is 0 Å². The molecule has 0 atom stereocenters. The third-order valence-corrected chi connectivity index (χ3v) is 2.76. The summed E-state index contributed by atoms with van der Waals surface area (Å²) in [4.78, 5) is 8.00. The molecule has 0 saturated heterocycles. The number of rotatable bonds is 4. The maximum absolute atomic E-state index is 5.76. The van der Waals surface area contributed by atoms with Crippen molar-refractivity contribution in [2.24, 2.45) is 0 Å². The van der Waals surface area contributed by atoms with Crippen LogP contribution in [0, 0.1) is 0 Å². The van der Waals surface area contributed by atoms with Crippen molar-refractivity contribution in [3.05, 3.63) is 18.6 Å². The van der Waals surface area contributed by atoms with E-state index >= 15 is 0 Å². The molecule has 0 amide bonds. The molecular formula is C8H11Cl2N3. The maximum Gasteiger partial charge on any atom is 0.144 e. The van der Waals surface area contributed by atoms with Crippen LogP contribution in [0.3, 0.4) is 0 Å². The van der Waals surface area contributed by atoms with Gasteiger partial charge in [0.25, 0.3) is 0 Å². The summed E-state index contributed by atoms with van der Waals surface area (Å²) in [6.45, 7) is 1.93. The first-order chi connectivity index (χ1) is 6.20. The zero-order chi connectivity index (χ0) is 9.73. The molecular weight excluding hydrogens is 209 g/mol. The van der Waals surface area contributed by atoms with Crippen LogP contribution in [0.5, 0.6) is 0 Å². The molecule has 0 unspecified atom stereocenters. The lowest BCUT2D eigenvalue weighted by atomic mass is 10.1. The topological polar surface area (TPSA) is 37.8 Å². The minimum absolute atomic E-state index is 0.334. The van der Waals surface area contributed by atoms with Crippen molar-refractivity contribution < 1.29 is 0 Å². The van der Waals surface area contributed by atoms with Crippen molar-refractivity contribution in [1.29, 1.82) is 0 Å². The molecule has 1 aromatic rings. The molecule has 0 bridgehead atoms. The average Bonchev–Trinajstić information content (AvgIpc) is 2.19. The SMILES string of the molecule is CC(CCl)(CCl)Nc1cnccn1. The highest BCUT2D eigenvalue weighted by molar-refractivity contribution is 6.22. The minimum atomic E-state index is -0.334. The molecule has 3 nitrogen and oxygen atoms in total. The molecule has 1 aromatic heterocycles. The van der Waals surface area contributed by atoms with E-state index in [4.69, 9.17) is 23.2 Å². The number of halogens is 2. The van der Waals surface area contributed by atoms with Gasteiger partial charge in [0.2, 0.25) is 0 Å². The van der Waals surface area contributed by atoms with Gasteiger partial charge in [-0.2, -0.15) is 0 Å². The van der Waals surface area contributed by atoms with Crippen molar-refractivity contribution in [3.8, 4) is 0 Å². The molecule has 13 heavy (non-hydrogen) atoms. The van der Waals surface area contributed by atoms with E-state index in [1.165, 1.54) is 0 Å². The van der Waals surface area contributed by atoms with E-state index in [0.29, 0.717) is 17.6 Å². The Kier molecular flexibility index (Phi) is 3.75. The van der Waals surface area contributed by atoms with Gasteiger partial charge in [-0.3, -0.25) is 4.98 Å². The Hall–Kier alpha value is -0.540. The molecule has 0 aromatic carbocycles. The lowest BCUT2D eigenvalue weighted by Crippen LogP contribution is -2.39. The van der Waals surface area contributed by atoms with E-state index in [0.717, 1.165) is 0 Å². The lowest BCUT2D eigenvalue weighted by molar-refractivity contribution is 0.644. The Balaban J connectivity index is 2.68. The van der Waals surface area contributed by atoms with Crippen molar-refractivity contribution in [2.75, 3.05) is 17.1 Å². The molecule has 0 radical (unpaired) electrons. The summed E-state index contributed by atoms with van der Waals surface area (Å²) in [6.07, 6.45) is 4.87. The molecule has 1 rings (SSSR count). The third-order valence-electron chi connectivity index (χ3n) is 1.58. The van der Waals surface area contributed by atoms with Gasteiger partial charge < -0.3 is 5.32 Å². The first-order valence-corrected chi connectivity index (χ1v) is 4.93. The number of nitrogens with one attached hydrogen (secondary N) is 1. The number of hydrogen-bond acceptors (Lipinski definition) is 3. The van der Waals surface area contributed by atoms with E-state index < -0.39 is 0 Å². The van der Waals surface area contributed by atoms with Gasteiger partial charge in [-0.25, -0.2) is 4.98 Å². The Morgan fingerprint density at radius 3 is 2.54 bits per heavy atom. The largest absolute Gasteiger partial charge is 0.361 e. The summed E-state index contributed by atoms with van der Waals surface area (Å²) >= 11 is 11.5. The summed E-state index contributed by atoms with van der Waals surface area (Å²) in [5.74, 6) is 1.53. The molecule has 1 heterocycles. The second kappa shape index (κ2) is 4.63. The number of alkyl halides is 2. The molecule has 0 aliphatic heterocycles. The fourth-order valence-corrected chi connectivity index (χ4v) is 1.19. The highest BCUT2D eigenvalue weighted by Gasteiger charge is 2.21. The van der Waals surface area contributed by atoms with Gasteiger partial charge in [0, 0.05) is 24.2 Å². The van der Waals surface area contributed by atoms with Gasteiger partial charge in [0.1, 0.15) is 5.82 Å². The summed E-state index contributed by atoms with van der Waals surface area (Å²) in [5.41, 5.74) is -0.334. The zero-order valence-corrected chi connectivity index (χ0v) is 8.81. The highest BCUT2D eigenvalue weighted by atomic mass is 35.5. The van der Waals surface area contributed by atoms with Gasteiger partial charge in [0.05, 0.1) is 11.7 Å². The molecule has 72 valence electrons. The second-order valence-electron chi connectivity index (χ2n) is 3.04. The van der Waals surface area contributed by atoms with Crippen LogP contribution in [-0.2, 0) is 0 Å². The molecule has 5 heteroatoms. The first kappa shape index (κ1) is 10.5. The Morgan fingerprint density at radius 1 is 1.38 bits per heavy atom. The van der Waals surface area contributed by atoms with E-state index in [1.54, 1.807) is 18.6 Å². The fourth-order valence-electron chi connectivity index (χ4n) is 0.775. The predicted octanol–water partition coefficient (Wildman–Crippen LogP) is 2.12. The van der Waals surface area contributed by atoms with Crippen LogP contribution in [-0.4, -0.2) is 27.3 Å². The lowest BCUT2D eigenvalue weighted by Gasteiger charge is -2.26. The minimum Gasteiger partial charge on any atom is -0.361 e. The van der Waals surface area contributed by atoms with Crippen LogP contribution >= 0.6 is 23.2 Å². The molecule has 0 fully saturated rings. The van der Waals surface area contributed by atoms with Crippen molar-refractivity contribution in [3.63, 3.8) is 0 Å². The fraction of sp³-hybridized carbons (Fsp3) is 0.500. The number of aromatic nitrogens is 2. The summed E-state index contributed by atoms with van der Waals surface area (Å²) in [6, 6.07) is 0. The molecule has 0 aliphatic rings. The number of nitrogens with zero attached hydrogens (tertiary/aromatic N) is 2. The predicted molar refractivity (Wildman–Crippen MR) is 55.5 cm³/mol. The average molecular weight is 220 g/mol. The van der Waals surface area contributed by atoms with Crippen molar-refractivity contribution in [1.82, 2.24) is 9.97 Å². The second-order valence-corrected chi connectivity index (χ2v) is 3.58. The van der Waals surface area contributed by atoms with Crippen LogP contribution in [0.4, 0.5) is 5.82 Å². The Labute approximate surface area is 87.5 Å².